The van der Waals surface area contributed by atoms with Crippen molar-refractivity contribution in [2.45, 2.75) is 20.8 Å². The highest BCUT2D eigenvalue weighted by Crippen LogP contribution is 2.36. The minimum absolute atomic E-state index is 0.0419. The fourth-order valence-corrected chi connectivity index (χ4v) is 3.50. The van der Waals surface area contributed by atoms with E-state index in [1.54, 1.807) is 0 Å². The zero-order valence-electron chi connectivity index (χ0n) is 20.2. The van der Waals surface area contributed by atoms with Gasteiger partial charge in [-0.2, -0.15) is 0 Å². The van der Waals surface area contributed by atoms with Gasteiger partial charge in [-0.1, -0.05) is 0 Å². The smallest absolute Gasteiger partial charge is 0.347 e. The number of nitrogens with zero attached hydrogens (tertiary/aromatic N) is 3. The first kappa shape index (κ1) is 26.4. The first-order valence-corrected chi connectivity index (χ1v) is 10.6. The number of H-pyrrole nitrogens is 1. The topological polar surface area (TPSA) is 211 Å². The number of aromatic carboxylic acids is 1. The third-order valence-electron chi connectivity index (χ3n) is 5.41. The molecule has 6 N–H and O–H groups in total. The lowest BCUT2D eigenvalue weighted by molar-refractivity contribution is 0.0681. The predicted octanol–water partition coefficient (Wildman–Crippen LogP) is 2.70. The van der Waals surface area contributed by atoms with Gasteiger partial charge >= 0.3 is 11.9 Å². The Balaban J connectivity index is 0.000000313. The second kappa shape index (κ2) is 10.6. The first-order chi connectivity index (χ1) is 17.5. The number of hydrogen-bond donors (Lipinski definition) is 5. The Morgan fingerprint density at radius 2 is 1.68 bits per heavy atom. The van der Waals surface area contributed by atoms with Crippen LogP contribution in [0.25, 0.3) is 11.2 Å². The molecule has 0 radical (unpaired) electrons. The molecular weight excluding hydrogens is 486 g/mol. The zero-order valence-corrected chi connectivity index (χ0v) is 20.2. The molecule has 0 aliphatic rings. The number of aromatic nitrogens is 4. The number of nitrogens with two attached hydrogens (primary N) is 1. The van der Waals surface area contributed by atoms with Crippen LogP contribution in [0.3, 0.4) is 0 Å². The van der Waals surface area contributed by atoms with Gasteiger partial charge in [0, 0.05) is 5.56 Å². The quantitative estimate of drug-likeness (QED) is 0.149. The van der Waals surface area contributed by atoms with Gasteiger partial charge in [0.1, 0.15) is 46.0 Å². The van der Waals surface area contributed by atoms with Crippen LogP contribution in [0, 0.1) is 20.8 Å². The van der Waals surface area contributed by atoms with Crippen LogP contribution in [0.5, 0.6) is 23.0 Å². The second-order valence-electron chi connectivity index (χ2n) is 7.75. The average Bonchev–Trinajstić information content (AvgIpc) is 3.33. The number of phenols is 2. The van der Waals surface area contributed by atoms with Gasteiger partial charge in [-0.3, -0.25) is 4.79 Å². The van der Waals surface area contributed by atoms with Crippen LogP contribution >= 0.6 is 0 Å². The van der Waals surface area contributed by atoms with Crippen LogP contribution in [0.1, 0.15) is 47.8 Å². The van der Waals surface area contributed by atoms with Crippen molar-refractivity contribution in [2.24, 2.45) is 0 Å². The van der Waals surface area contributed by atoms with E-state index in [1.165, 1.54) is 52.7 Å². The number of aromatic amines is 1. The van der Waals surface area contributed by atoms with Crippen molar-refractivity contribution in [1.82, 2.24) is 19.9 Å². The monoisotopic (exact) mass is 509 g/mol. The van der Waals surface area contributed by atoms with E-state index in [-0.39, 0.29) is 39.3 Å². The zero-order chi connectivity index (χ0) is 27.4. The van der Waals surface area contributed by atoms with E-state index in [9.17, 15) is 29.7 Å². The number of phenolic OH excluding ortho intramolecular Hbond substituents is 1. The van der Waals surface area contributed by atoms with E-state index < -0.39 is 23.4 Å². The number of benzene rings is 2. The molecule has 2 aromatic heterocycles. The number of aldehydes is 1. The molecule has 0 amide bonds. The summed E-state index contributed by atoms with van der Waals surface area (Å²) in [6, 6.07) is 2.71. The fraction of sp³-hybridized carbons (Fsp3) is 0.167. The Labute approximate surface area is 209 Å². The maximum absolute atomic E-state index is 12.6. The summed E-state index contributed by atoms with van der Waals surface area (Å²) in [4.78, 5) is 49.6. The highest BCUT2D eigenvalue weighted by molar-refractivity contribution is 6.00. The lowest BCUT2D eigenvalue weighted by Crippen LogP contribution is -2.14. The van der Waals surface area contributed by atoms with E-state index in [0.29, 0.717) is 28.8 Å². The minimum Gasteiger partial charge on any atom is -0.507 e. The third kappa shape index (κ3) is 5.10. The molecule has 192 valence electrons. The summed E-state index contributed by atoms with van der Waals surface area (Å²) in [5.41, 5.74) is 6.47. The number of anilines is 1. The van der Waals surface area contributed by atoms with Gasteiger partial charge in [-0.25, -0.2) is 24.5 Å². The number of hydrogen-bond acceptors (Lipinski definition) is 11. The van der Waals surface area contributed by atoms with E-state index >= 15 is 0 Å². The average molecular weight is 509 g/mol. The molecule has 2 heterocycles. The number of carboxylic acid groups (broad SMARTS) is 1. The summed E-state index contributed by atoms with van der Waals surface area (Å²) < 4.78 is 10.3. The number of aromatic hydroxyl groups is 2. The Hall–Kier alpha value is -5.20. The van der Waals surface area contributed by atoms with Crippen LogP contribution in [0.15, 0.2) is 24.8 Å². The molecule has 0 unspecified atom stereocenters. The number of rotatable bonds is 5. The van der Waals surface area contributed by atoms with Crippen molar-refractivity contribution in [3.63, 3.8) is 0 Å². The summed E-state index contributed by atoms with van der Waals surface area (Å²) in [6.45, 7) is 4.35. The molecule has 37 heavy (non-hydrogen) atoms. The normalized spacial score (nSPS) is 10.4. The molecule has 13 heteroatoms. The van der Waals surface area contributed by atoms with Crippen LogP contribution in [0.2, 0.25) is 0 Å². The van der Waals surface area contributed by atoms with Gasteiger partial charge in [0.15, 0.2) is 17.8 Å². The Bertz CT molecular complexity index is 1530. The number of carbonyl (C=O) groups is 3. The Morgan fingerprint density at radius 1 is 1.00 bits per heavy atom. The van der Waals surface area contributed by atoms with Crippen LogP contribution < -0.4 is 15.2 Å². The van der Waals surface area contributed by atoms with Crippen molar-refractivity contribution in [3.8, 4) is 23.0 Å². The largest absolute Gasteiger partial charge is 0.507 e. The van der Waals surface area contributed by atoms with E-state index in [0.717, 1.165) is 0 Å². The van der Waals surface area contributed by atoms with Crippen LogP contribution in [-0.4, -0.2) is 60.6 Å². The molecule has 4 aromatic rings. The number of carbonyl (C=O) groups excluding carboxylic acids is 2. The van der Waals surface area contributed by atoms with Crippen LogP contribution in [0.4, 0.5) is 5.82 Å². The van der Waals surface area contributed by atoms with Crippen molar-refractivity contribution in [2.75, 3.05) is 12.8 Å². The molecule has 0 fully saturated rings. The maximum Gasteiger partial charge on any atom is 0.347 e. The highest BCUT2D eigenvalue weighted by atomic mass is 16.5. The number of carboxylic acids is 1. The van der Waals surface area contributed by atoms with Gasteiger partial charge in [0.2, 0.25) is 0 Å². The number of fused-ring (bicyclic) bond motifs is 1. The summed E-state index contributed by atoms with van der Waals surface area (Å²) >= 11 is 0. The number of ether oxygens (including phenoxy) is 2. The standard InChI is InChI=1S/C19H18O8.C5H5N5/c1-8-5-13(26-4)11(7-20)17(22)14(8)19(25)27-12-6-9(2)16(21)15(10(12)3)18(23)24;6-4-3-5(9-1-7-3)10-2-8-4/h5-7,21-22H,1-4H3,(H,23,24);1-2H,(H3,6,7,8,9,10). The summed E-state index contributed by atoms with van der Waals surface area (Å²) in [5, 5.41) is 29.5. The van der Waals surface area contributed by atoms with Crippen molar-refractivity contribution in [3.05, 3.63) is 58.2 Å². The lowest BCUT2D eigenvalue weighted by atomic mass is 10.0. The van der Waals surface area contributed by atoms with Crippen molar-refractivity contribution < 1.29 is 39.2 Å². The van der Waals surface area contributed by atoms with E-state index in [4.69, 9.17) is 15.2 Å². The molecule has 0 atom stereocenters. The molecule has 0 aliphatic heterocycles. The maximum atomic E-state index is 12.6. The fourth-order valence-electron chi connectivity index (χ4n) is 3.50. The molecule has 4 rings (SSSR count). The number of esters is 1. The number of imidazole rings is 1. The summed E-state index contributed by atoms with van der Waals surface area (Å²) in [7, 11) is 1.31. The van der Waals surface area contributed by atoms with Gasteiger partial charge in [-0.05, 0) is 44.0 Å². The molecule has 0 aliphatic carbocycles. The molecular formula is C24H23N5O8. The van der Waals surface area contributed by atoms with Crippen LogP contribution in [-0.2, 0) is 0 Å². The Morgan fingerprint density at radius 3 is 2.27 bits per heavy atom. The minimum atomic E-state index is -1.38. The molecule has 0 saturated carbocycles. The summed E-state index contributed by atoms with van der Waals surface area (Å²) in [6.07, 6.45) is 3.27. The van der Waals surface area contributed by atoms with Gasteiger partial charge in [-0.15, -0.1) is 0 Å². The molecule has 0 saturated heterocycles. The van der Waals surface area contributed by atoms with Gasteiger partial charge in [0.25, 0.3) is 0 Å². The Kier molecular flexibility index (Phi) is 7.56. The SMILES string of the molecule is COc1cc(C)c(C(=O)Oc2cc(C)c(O)c(C(=O)O)c2C)c(O)c1C=O.Nc1ncnc2nc[nH]c12. The lowest BCUT2D eigenvalue weighted by Gasteiger charge is -2.16. The first-order valence-electron chi connectivity index (χ1n) is 10.6. The van der Waals surface area contributed by atoms with Gasteiger partial charge < -0.3 is 35.5 Å². The number of nitrogen functional groups attached to an aromatic ring is 1. The number of aryl methyl sites for hydroxylation is 2. The highest BCUT2D eigenvalue weighted by Gasteiger charge is 2.26. The number of nitrogens with one attached hydrogen (secondary N) is 1. The van der Waals surface area contributed by atoms with E-state index in [1.807, 2.05) is 0 Å². The summed E-state index contributed by atoms with van der Waals surface area (Å²) in [5.74, 6) is -2.94. The second-order valence-corrected chi connectivity index (χ2v) is 7.75. The van der Waals surface area contributed by atoms with Crippen molar-refractivity contribution >= 4 is 35.2 Å². The third-order valence-corrected chi connectivity index (χ3v) is 5.41. The van der Waals surface area contributed by atoms with E-state index in [2.05, 4.69) is 19.9 Å². The number of methoxy groups -OCH3 is 1. The molecule has 2 aromatic carbocycles. The van der Waals surface area contributed by atoms with Gasteiger partial charge in [0.05, 0.1) is 19.0 Å². The molecule has 0 bridgehead atoms. The molecule has 13 nitrogen and oxygen atoms in total. The molecule has 0 spiro atoms. The predicted molar refractivity (Wildman–Crippen MR) is 130 cm³/mol. The van der Waals surface area contributed by atoms with Crippen molar-refractivity contribution in [1.29, 1.82) is 0 Å².